The number of allylic oxidation sites excluding steroid dienone is 2. The van der Waals surface area contributed by atoms with E-state index in [0.717, 1.165) is 0 Å². The average Bonchev–Trinajstić information content (AvgIpc) is 2.98. The molecule has 0 aromatic carbocycles. The third kappa shape index (κ3) is 1.32. The molecule has 4 aliphatic rings. The zero-order valence-corrected chi connectivity index (χ0v) is 14.3. The summed E-state index contributed by atoms with van der Waals surface area (Å²) in [4.78, 5) is 11.9. The van der Waals surface area contributed by atoms with E-state index in [0.29, 0.717) is 18.3 Å². The van der Waals surface area contributed by atoms with Crippen LogP contribution in [0.4, 0.5) is 0 Å². The van der Waals surface area contributed by atoms with Crippen LogP contribution in [0, 0.1) is 34.5 Å². The van der Waals surface area contributed by atoms with Crippen LogP contribution in [-0.2, 0) is 19.0 Å². The van der Waals surface area contributed by atoms with Gasteiger partial charge in [0.2, 0.25) is 6.29 Å². The molecule has 8 atom stereocenters. The minimum Gasteiger partial charge on any atom is -0.435 e. The minimum atomic E-state index is -0.432. The van der Waals surface area contributed by atoms with Crippen molar-refractivity contribution in [3.63, 3.8) is 0 Å². The lowest BCUT2D eigenvalue weighted by molar-refractivity contribution is -0.300. The smallest absolute Gasteiger partial charge is 0.308 e. The van der Waals surface area contributed by atoms with E-state index >= 15 is 0 Å². The van der Waals surface area contributed by atoms with E-state index in [9.17, 15) is 4.79 Å². The molecule has 1 saturated carbocycles. The van der Waals surface area contributed by atoms with Gasteiger partial charge in [-0.2, -0.15) is 0 Å². The number of carbonyl (C=O) groups is 1. The van der Waals surface area contributed by atoms with Crippen molar-refractivity contribution in [1.29, 1.82) is 0 Å². The molecule has 0 aromatic rings. The zero-order valence-electron chi connectivity index (χ0n) is 14.3. The number of hydrogen-bond donors (Lipinski definition) is 0. The van der Waals surface area contributed by atoms with Crippen LogP contribution in [0.15, 0.2) is 11.1 Å². The second kappa shape index (κ2) is 4.15. The molecule has 122 valence electrons. The summed E-state index contributed by atoms with van der Waals surface area (Å²) in [5.41, 5.74) is 3.15. The van der Waals surface area contributed by atoms with Crippen molar-refractivity contribution in [1.82, 2.24) is 0 Å². The average molecular weight is 306 g/mol. The molecule has 4 rings (SSSR count). The molecular formula is C18H26O4. The Bertz CT molecular complexity index is 582. The Hall–Kier alpha value is -0.870. The number of rotatable bonds is 1. The molecule has 0 aromatic heterocycles. The molecule has 2 aliphatic carbocycles. The van der Waals surface area contributed by atoms with Gasteiger partial charge >= 0.3 is 5.97 Å². The molecule has 22 heavy (non-hydrogen) atoms. The van der Waals surface area contributed by atoms with Gasteiger partial charge in [-0.15, -0.1) is 0 Å². The Morgan fingerprint density at radius 1 is 1.14 bits per heavy atom. The Morgan fingerprint density at radius 2 is 1.73 bits per heavy atom. The minimum absolute atomic E-state index is 0.0702. The van der Waals surface area contributed by atoms with Crippen molar-refractivity contribution in [2.24, 2.45) is 34.5 Å². The molecule has 2 aliphatic heterocycles. The van der Waals surface area contributed by atoms with Crippen LogP contribution in [0.1, 0.15) is 41.0 Å². The molecule has 0 radical (unpaired) electrons. The van der Waals surface area contributed by atoms with E-state index in [1.807, 2.05) is 0 Å². The van der Waals surface area contributed by atoms with Crippen molar-refractivity contribution in [3.8, 4) is 0 Å². The molecule has 4 nitrogen and oxygen atoms in total. The predicted molar refractivity (Wildman–Crippen MR) is 80.6 cm³/mol. The van der Waals surface area contributed by atoms with Gasteiger partial charge in [0, 0.05) is 18.9 Å². The van der Waals surface area contributed by atoms with Crippen molar-refractivity contribution in [2.45, 2.75) is 53.6 Å². The Balaban J connectivity index is 1.90. The Labute approximate surface area is 132 Å². The van der Waals surface area contributed by atoms with Crippen molar-refractivity contribution in [3.05, 3.63) is 11.1 Å². The molecule has 0 amide bonds. The predicted octanol–water partition coefficient (Wildman–Crippen LogP) is 3.12. The van der Waals surface area contributed by atoms with E-state index in [1.165, 1.54) is 11.1 Å². The quantitative estimate of drug-likeness (QED) is 0.551. The highest BCUT2D eigenvalue weighted by Crippen LogP contribution is 2.76. The molecule has 2 heterocycles. The molecule has 0 N–H and O–H groups in total. The number of ether oxygens (including phenoxy) is 3. The summed E-state index contributed by atoms with van der Waals surface area (Å²) in [6.07, 6.45) is -0.249. The zero-order chi connectivity index (χ0) is 16.0. The topological polar surface area (TPSA) is 44.8 Å². The van der Waals surface area contributed by atoms with Crippen LogP contribution in [-0.4, -0.2) is 25.7 Å². The first kappa shape index (κ1) is 14.7. The second-order valence-electron chi connectivity index (χ2n) is 8.06. The van der Waals surface area contributed by atoms with Crippen molar-refractivity contribution >= 4 is 5.97 Å². The van der Waals surface area contributed by atoms with Crippen LogP contribution in [0.5, 0.6) is 0 Å². The van der Waals surface area contributed by atoms with Crippen LogP contribution in [0.3, 0.4) is 0 Å². The number of hydrogen-bond acceptors (Lipinski definition) is 4. The maximum absolute atomic E-state index is 11.9. The van der Waals surface area contributed by atoms with Crippen molar-refractivity contribution in [2.75, 3.05) is 7.11 Å². The fourth-order valence-electron chi connectivity index (χ4n) is 6.46. The first-order chi connectivity index (χ1) is 10.3. The summed E-state index contributed by atoms with van der Waals surface area (Å²) in [6, 6.07) is 0. The highest BCUT2D eigenvalue weighted by molar-refractivity contribution is 5.72. The fourth-order valence-corrected chi connectivity index (χ4v) is 6.46. The van der Waals surface area contributed by atoms with Crippen LogP contribution >= 0.6 is 0 Å². The van der Waals surface area contributed by atoms with Gasteiger partial charge in [0.25, 0.3) is 0 Å². The van der Waals surface area contributed by atoms with Gasteiger partial charge in [-0.1, -0.05) is 31.9 Å². The molecular weight excluding hydrogens is 280 g/mol. The lowest BCUT2D eigenvalue weighted by atomic mass is 9.59. The molecule has 2 saturated heterocycles. The SMILES string of the molecule is CO[C@H]1O[C@H]2OC(=O)C[C@H]2[C@H]2[C@@H]1[C@@]1(C)C(C)=C(C)[C@]2(C)C1C. The van der Waals surface area contributed by atoms with Gasteiger partial charge in [-0.25, -0.2) is 0 Å². The van der Waals surface area contributed by atoms with Gasteiger partial charge < -0.3 is 14.2 Å². The van der Waals surface area contributed by atoms with Crippen LogP contribution in [0.25, 0.3) is 0 Å². The highest BCUT2D eigenvalue weighted by atomic mass is 16.8. The first-order valence-corrected chi connectivity index (χ1v) is 8.34. The lowest BCUT2D eigenvalue weighted by Crippen LogP contribution is -2.53. The van der Waals surface area contributed by atoms with E-state index in [-0.39, 0.29) is 34.9 Å². The second-order valence-corrected chi connectivity index (χ2v) is 8.06. The number of fused-ring (bicyclic) bond motifs is 7. The monoisotopic (exact) mass is 306 g/mol. The standard InChI is InChI=1S/C18H26O4/c1-8-9(2)18(5)10(3)17(8,4)13-11-7-12(19)21-15(11)22-16(20-6)14(13)18/h10-11,13-16H,7H2,1-6H3/t10?,11-,13-,14-,15+,16-,17+,18-/m0/s1. The summed E-state index contributed by atoms with van der Waals surface area (Å²) in [5.74, 6) is 1.21. The largest absolute Gasteiger partial charge is 0.435 e. The number of esters is 1. The van der Waals surface area contributed by atoms with Gasteiger partial charge in [-0.05, 0) is 36.5 Å². The summed E-state index contributed by atoms with van der Waals surface area (Å²) >= 11 is 0. The molecule has 2 bridgehead atoms. The van der Waals surface area contributed by atoms with Gasteiger partial charge in [0.05, 0.1) is 6.42 Å². The third-order valence-corrected chi connectivity index (χ3v) is 8.00. The third-order valence-electron chi connectivity index (χ3n) is 8.00. The molecule has 1 unspecified atom stereocenters. The highest BCUT2D eigenvalue weighted by Gasteiger charge is 2.74. The maximum Gasteiger partial charge on any atom is 0.308 e. The number of carbonyl (C=O) groups excluding carboxylic acids is 1. The summed E-state index contributed by atoms with van der Waals surface area (Å²) in [7, 11) is 1.70. The molecule has 0 spiro atoms. The fraction of sp³-hybridized carbons (Fsp3) is 0.833. The first-order valence-electron chi connectivity index (χ1n) is 8.34. The van der Waals surface area contributed by atoms with Gasteiger partial charge in [0.15, 0.2) is 6.29 Å². The Kier molecular flexibility index (Phi) is 2.77. The van der Waals surface area contributed by atoms with Crippen LogP contribution < -0.4 is 0 Å². The lowest BCUT2D eigenvalue weighted by Gasteiger charge is -2.51. The summed E-state index contributed by atoms with van der Waals surface area (Å²) < 4.78 is 17.2. The van der Waals surface area contributed by atoms with Crippen LogP contribution in [0.2, 0.25) is 0 Å². The van der Waals surface area contributed by atoms with E-state index < -0.39 is 6.29 Å². The Morgan fingerprint density at radius 3 is 2.32 bits per heavy atom. The van der Waals surface area contributed by atoms with Gasteiger partial charge in [-0.3, -0.25) is 4.79 Å². The van der Waals surface area contributed by atoms with Crippen molar-refractivity contribution < 1.29 is 19.0 Å². The normalized spacial score (nSPS) is 56.2. The molecule has 4 heteroatoms. The maximum atomic E-state index is 11.9. The van der Waals surface area contributed by atoms with E-state index in [2.05, 4.69) is 34.6 Å². The summed E-state index contributed by atoms with van der Waals surface area (Å²) in [5, 5.41) is 0. The van der Waals surface area contributed by atoms with Gasteiger partial charge in [0.1, 0.15) is 0 Å². The molecule has 3 fully saturated rings. The number of methoxy groups -OCH3 is 1. The van der Waals surface area contributed by atoms with E-state index in [1.54, 1.807) is 7.11 Å². The summed E-state index contributed by atoms with van der Waals surface area (Å²) in [6.45, 7) is 11.6. The van der Waals surface area contributed by atoms with E-state index in [4.69, 9.17) is 14.2 Å².